The zero-order valence-electron chi connectivity index (χ0n) is 10.5. The predicted molar refractivity (Wildman–Crippen MR) is 64.5 cm³/mol. The molecule has 0 amide bonds. The van der Waals surface area contributed by atoms with E-state index in [4.69, 9.17) is 9.26 Å². The lowest BCUT2D eigenvalue weighted by molar-refractivity contribution is -0.142. The van der Waals surface area contributed by atoms with E-state index in [9.17, 15) is 9.90 Å². The van der Waals surface area contributed by atoms with Gasteiger partial charge in [-0.1, -0.05) is 17.3 Å². The SMILES string of the molecule is O=C(O)[C@H]1CC=CC[C@H]1c1nc(C2CCCO2)no1. The molecule has 1 aromatic rings. The Hall–Kier alpha value is -1.69. The molecule has 0 aromatic carbocycles. The smallest absolute Gasteiger partial charge is 0.307 e. The van der Waals surface area contributed by atoms with Crippen LogP contribution in [0.15, 0.2) is 16.7 Å². The molecule has 0 radical (unpaired) electrons. The van der Waals surface area contributed by atoms with Gasteiger partial charge in [-0.25, -0.2) is 0 Å². The molecule has 1 saturated heterocycles. The van der Waals surface area contributed by atoms with Gasteiger partial charge in [-0.15, -0.1) is 0 Å². The van der Waals surface area contributed by atoms with Crippen molar-refractivity contribution in [3.63, 3.8) is 0 Å². The van der Waals surface area contributed by atoms with Gasteiger partial charge in [0.2, 0.25) is 11.7 Å². The quantitative estimate of drug-likeness (QED) is 0.841. The van der Waals surface area contributed by atoms with Crippen molar-refractivity contribution >= 4 is 5.97 Å². The third kappa shape index (κ3) is 2.40. The molecular weight excluding hydrogens is 248 g/mol. The minimum Gasteiger partial charge on any atom is -0.481 e. The first kappa shape index (κ1) is 12.3. The van der Waals surface area contributed by atoms with Crippen molar-refractivity contribution in [3.8, 4) is 0 Å². The van der Waals surface area contributed by atoms with Crippen molar-refractivity contribution in [1.82, 2.24) is 10.1 Å². The molecular formula is C13H16N2O4. The van der Waals surface area contributed by atoms with Crippen LogP contribution in [0.3, 0.4) is 0 Å². The zero-order chi connectivity index (χ0) is 13.2. The molecule has 2 heterocycles. The normalized spacial score (nSPS) is 30.6. The van der Waals surface area contributed by atoms with Gasteiger partial charge in [0, 0.05) is 6.61 Å². The van der Waals surface area contributed by atoms with Crippen molar-refractivity contribution < 1.29 is 19.2 Å². The van der Waals surface area contributed by atoms with Gasteiger partial charge in [0.05, 0.1) is 11.8 Å². The number of aliphatic carboxylic acids is 1. The van der Waals surface area contributed by atoms with Crippen LogP contribution in [0.4, 0.5) is 0 Å². The summed E-state index contributed by atoms with van der Waals surface area (Å²) in [6, 6.07) is 0. The second-order valence-electron chi connectivity index (χ2n) is 4.99. The standard InChI is InChI=1S/C13H16N2O4/c16-13(17)9-5-2-1-4-8(9)12-14-11(15-19-12)10-6-3-7-18-10/h1-2,8-10H,3-7H2,(H,16,17)/t8-,9+,10?/m1/s1. The van der Waals surface area contributed by atoms with Gasteiger partial charge in [-0.2, -0.15) is 4.98 Å². The fourth-order valence-electron chi connectivity index (χ4n) is 2.67. The Morgan fingerprint density at radius 2 is 2.21 bits per heavy atom. The van der Waals surface area contributed by atoms with E-state index in [1.165, 1.54) is 0 Å². The highest BCUT2D eigenvalue weighted by atomic mass is 16.5. The topological polar surface area (TPSA) is 85.5 Å². The molecule has 3 atom stereocenters. The summed E-state index contributed by atoms with van der Waals surface area (Å²) < 4.78 is 10.8. The number of hydrogen-bond donors (Lipinski definition) is 1. The highest BCUT2D eigenvalue weighted by Gasteiger charge is 2.35. The number of rotatable bonds is 3. The van der Waals surface area contributed by atoms with Crippen LogP contribution >= 0.6 is 0 Å². The van der Waals surface area contributed by atoms with Crippen molar-refractivity contribution in [2.24, 2.45) is 5.92 Å². The highest BCUT2D eigenvalue weighted by Crippen LogP contribution is 2.35. The number of hydrogen-bond acceptors (Lipinski definition) is 5. The first-order chi connectivity index (χ1) is 9.25. The number of nitrogens with zero attached hydrogens (tertiary/aromatic N) is 2. The second-order valence-corrected chi connectivity index (χ2v) is 4.99. The van der Waals surface area contributed by atoms with E-state index in [0.717, 1.165) is 19.4 Å². The van der Waals surface area contributed by atoms with E-state index in [1.54, 1.807) is 0 Å². The molecule has 1 aliphatic carbocycles. The lowest BCUT2D eigenvalue weighted by Gasteiger charge is -2.21. The molecule has 6 nitrogen and oxygen atoms in total. The van der Waals surface area contributed by atoms with Gasteiger partial charge in [0.25, 0.3) is 0 Å². The Bertz CT molecular complexity index is 491. The molecule has 19 heavy (non-hydrogen) atoms. The summed E-state index contributed by atoms with van der Waals surface area (Å²) in [6.07, 6.45) is 6.80. The van der Waals surface area contributed by atoms with Crippen LogP contribution in [0, 0.1) is 5.92 Å². The number of carboxylic acids is 1. The molecule has 1 fully saturated rings. The summed E-state index contributed by atoms with van der Waals surface area (Å²) in [7, 11) is 0. The summed E-state index contributed by atoms with van der Waals surface area (Å²) in [5, 5.41) is 13.2. The van der Waals surface area contributed by atoms with Crippen molar-refractivity contribution in [1.29, 1.82) is 0 Å². The monoisotopic (exact) mass is 264 g/mol. The van der Waals surface area contributed by atoms with Crippen LogP contribution in [0.2, 0.25) is 0 Å². The van der Waals surface area contributed by atoms with Crippen LogP contribution < -0.4 is 0 Å². The van der Waals surface area contributed by atoms with Gasteiger partial charge in [-0.3, -0.25) is 4.79 Å². The largest absolute Gasteiger partial charge is 0.481 e. The van der Waals surface area contributed by atoms with Crippen molar-refractivity contribution in [2.75, 3.05) is 6.61 Å². The fourth-order valence-corrected chi connectivity index (χ4v) is 2.67. The van der Waals surface area contributed by atoms with E-state index in [-0.39, 0.29) is 12.0 Å². The van der Waals surface area contributed by atoms with Crippen LogP contribution in [-0.4, -0.2) is 27.8 Å². The fraction of sp³-hybridized carbons (Fsp3) is 0.615. The Balaban J connectivity index is 1.80. The van der Waals surface area contributed by atoms with E-state index in [0.29, 0.717) is 24.6 Å². The summed E-state index contributed by atoms with van der Waals surface area (Å²) in [6.45, 7) is 0.721. The van der Waals surface area contributed by atoms with Crippen LogP contribution in [-0.2, 0) is 9.53 Å². The van der Waals surface area contributed by atoms with Gasteiger partial charge < -0.3 is 14.4 Å². The van der Waals surface area contributed by atoms with Crippen molar-refractivity contribution in [3.05, 3.63) is 23.9 Å². The first-order valence-electron chi connectivity index (χ1n) is 6.58. The van der Waals surface area contributed by atoms with Gasteiger partial charge in [0.1, 0.15) is 6.10 Å². The van der Waals surface area contributed by atoms with Crippen molar-refractivity contribution in [2.45, 2.75) is 37.7 Å². The summed E-state index contributed by atoms with van der Waals surface area (Å²) >= 11 is 0. The zero-order valence-corrected chi connectivity index (χ0v) is 10.5. The summed E-state index contributed by atoms with van der Waals surface area (Å²) in [5.41, 5.74) is 0. The molecule has 0 spiro atoms. The molecule has 1 N–H and O–H groups in total. The lowest BCUT2D eigenvalue weighted by atomic mass is 9.83. The molecule has 1 aliphatic heterocycles. The Kier molecular flexibility index (Phi) is 3.33. The maximum absolute atomic E-state index is 11.3. The van der Waals surface area contributed by atoms with Crippen LogP contribution in [0.1, 0.15) is 49.4 Å². The maximum Gasteiger partial charge on any atom is 0.307 e. The number of carbonyl (C=O) groups is 1. The molecule has 0 bridgehead atoms. The maximum atomic E-state index is 11.3. The highest BCUT2D eigenvalue weighted by molar-refractivity contribution is 5.71. The molecule has 102 valence electrons. The van der Waals surface area contributed by atoms with E-state index in [2.05, 4.69) is 10.1 Å². The molecule has 1 unspecified atom stereocenters. The van der Waals surface area contributed by atoms with E-state index < -0.39 is 11.9 Å². The Labute approximate surface area is 110 Å². The van der Waals surface area contributed by atoms with Gasteiger partial charge in [-0.05, 0) is 25.7 Å². The van der Waals surface area contributed by atoms with E-state index >= 15 is 0 Å². The third-order valence-corrected chi connectivity index (χ3v) is 3.74. The van der Waals surface area contributed by atoms with Crippen LogP contribution in [0.25, 0.3) is 0 Å². The Morgan fingerprint density at radius 3 is 2.95 bits per heavy atom. The molecule has 2 aliphatic rings. The number of ether oxygens (including phenoxy) is 1. The second kappa shape index (κ2) is 5.13. The average molecular weight is 264 g/mol. The lowest BCUT2D eigenvalue weighted by Crippen LogP contribution is -2.23. The minimum absolute atomic E-state index is 0.0973. The minimum atomic E-state index is -0.814. The first-order valence-corrected chi connectivity index (χ1v) is 6.58. The number of carboxylic acid groups (broad SMARTS) is 1. The third-order valence-electron chi connectivity index (χ3n) is 3.74. The van der Waals surface area contributed by atoms with Gasteiger partial charge >= 0.3 is 5.97 Å². The number of allylic oxidation sites excluding steroid dienone is 2. The molecule has 3 rings (SSSR count). The average Bonchev–Trinajstić information content (AvgIpc) is 3.09. The summed E-state index contributed by atoms with van der Waals surface area (Å²) in [5.74, 6) is -0.562. The molecule has 0 saturated carbocycles. The van der Waals surface area contributed by atoms with E-state index in [1.807, 2.05) is 12.2 Å². The van der Waals surface area contributed by atoms with Crippen LogP contribution in [0.5, 0.6) is 0 Å². The predicted octanol–water partition coefficient (Wildman–Crippen LogP) is 2.06. The summed E-state index contributed by atoms with van der Waals surface area (Å²) in [4.78, 5) is 15.6. The number of aromatic nitrogens is 2. The Morgan fingerprint density at radius 1 is 1.37 bits per heavy atom. The molecule has 6 heteroatoms. The molecule has 1 aromatic heterocycles. The van der Waals surface area contributed by atoms with Gasteiger partial charge in [0.15, 0.2) is 0 Å².